The Morgan fingerprint density at radius 2 is 1.00 bits per heavy atom. The maximum Gasteiger partial charge on any atom is 0.0127 e. The summed E-state index contributed by atoms with van der Waals surface area (Å²) >= 11 is 13.9. The molecule has 0 radical (unpaired) electrons. The minimum atomic E-state index is 0. The molecule has 0 aliphatic heterocycles. The van der Waals surface area contributed by atoms with Crippen molar-refractivity contribution in [1.29, 1.82) is 0 Å². The molecular weight excluding hydrogens is 315 g/mol. The van der Waals surface area contributed by atoms with E-state index in [0.29, 0.717) is 3.46 Å². The van der Waals surface area contributed by atoms with Gasteiger partial charge in [-0.1, -0.05) is 0 Å². The van der Waals surface area contributed by atoms with Gasteiger partial charge in [0.05, 0.1) is 0 Å². The van der Waals surface area contributed by atoms with Crippen molar-refractivity contribution in [1.82, 2.24) is 3.46 Å². The van der Waals surface area contributed by atoms with E-state index in [4.69, 9.17) is 0 Å². The Hall–Kier alpha value is 1.52. The van der Waals surface area contributed by atoms with Gasteiger partial charge in [-0.2, -0.15) is 0 Å². The molecule has 0 aliphatic rings. The smallest absolute Gasteiger partial charge is 0.0127 e. The van der Waals surface area contributed by atoms with Crippen LogP contribution in [0.4, 0.5) is 0 Å². The van der Waals surface area contributed by atoms with E-state index in [1.807, 2.05) is 0 Å². The van der Waals surface area contributed by atoms with Crippen LogP contribution in [0.1, 0.15) is 0 Å². The number of halogens is 3. The van der Waals surface area contributed by atoms with Crippen LogP contribution in [0.25, 0.3) is 0 Å². The van der Waals surface area contributed by atoms with Crippen LogP contribution in [0.5, 0.6) is 0 Å². The van der Waals surface area contributed by atoms with E-state index in [1.54, 1.807) is 0 Å². The topological polar surface area (TPSA) is 3.24 Å². The van der Waals surface area contributed by atoms with Gasteiger partial charge in [-0.15, -0.1) is 0 Å². The summed E-state index contributed by atoms with van der Waals surface area (Å²) in [4.78, 5) is 0. The third-order valence-electron chi connectivity index (χ3n) is 0. The maximum atomic E-state index is 4.64. The summed E-state index contributed by atoms with van der Waals surface area (Å²) in [6, 6.07) is 0. The molecule has 0 amide bonds. The number of rotatable bonds is 0. The number of hydrogen-bond acceptors (Lipinski definition) is 1. The molecule has 0 saturated heterocycles. The Bertz CT molecular complexity index is 11.6. The van der Waals surface area contributed by atoms with Gasteiger partial charge in [-0.25, -0.2) is 0 Å². The second-order valence-corrected chi connectivity index (χ2v) is 1.72. The van der Waals surface area contributed by atoms with Crippen LogP contribution < -0.4 is 0 Å². The van der Waals surface area contributed by atoms with E-state index in [2.05, 4.69) is 35.3 Å². The first kappa shape index (κ1) is 9.72. The Morgan fingerprint density at radius 3 is 1.00 bits per heavy atom. The molecular formula is Cl3NPt. The molecule has 0 rings (SSSR count). The van der Waals surface area contributed by atoms with Gasteiger partial charge >= 0.3 is 0 Å². The van der Waals surface area contributed by atoms with Gasteiger partial charge in [0.1, 0.15) is 0 Å². The summed E-state index contributed by atoms with van der Waals surface area (Å²) in [5, 5.41) is 0. The molecule has 5 heavy (non-hydrogen) atoms. The van der Waals surface area contributed by atoms with Crippen molar-refractivity contribution in [2.24, 2.45) is 0 Å². The normalized spacial score (nSPS) is 7.20. The molecule has 0 unspecified atom stereocenters. The Labute approximate surface area is 59.8 Å². The molecule has 0 fully saturated rings. The molecule has 5 heteroatoms. The maximum absolute atomic E-state index is 4.64. The minimum absolute atomic E-state index is 0. The van der Waals surface area contributed by atoms with Gasteiger partial charge in [0, 0.05) is 56.4 Å². The summed E-state index contributed by atoms with van der Waals surface area (Å²) in [5.74, 6) is 0. The molecule has 0 spiro atoms. The van der Waals surface area contributed by atoms with Crippen molar-refractivity contribution in [2.75, 3.05) is 0 Å². The second-order valence-electron chi connectivity index (χ2n) is 0.192. The van der Waals surface area contributed by atoms with Crippen LogP contribution in [0.15, 0.2) is 0 Å². The van der Waals surface area contributed by atoms with Crippen LogP contribution in [0.2, 0.25) is 0 Å². The van der Waals surface area contributed by atoms with Crippen molar-refractivity contribution in [3.63, 3.8) is 0 Å². The average molecular weight is 315 g/mol. The molecule has 0 N–H and O–H groups in total. The Kier molecular flexibility index (Phi) is 10.7. The Morgan fingerprint density at radius 1 is 1.00 bits per heavy atom. The molecule has 0 aromatic rings. The summed E-state index contributed by atoms with van der Waals surface area (Å²) in [6.07, 6.45) is 0. The van der Waals surface area contributed by atoms with Gasteiger partial charge in [0.25, 0.3) is 0 Å². The van der Waals surface area contributed by atoms with Crippen LogP contribution in [-0.4, -0.2) is 3.46 Å². The number of hydrogen-bond donors (Lipinski definition) is 0. The third-order valence-corrected chi connectivity index (χ3v) is 0. The van der Waals surface area contributed by atoms with Crippen molar-refractivity contribution >= 4 is 35.3 Å². The monoisotopic (exact) mass is 314 g/mol. The summed E-state index contributed by atoms with van der Waals surface area (Å²) in [6.45, 7) is 0. The molecule has 0 aliphatic carbocycles. The van der Waals surface area contributed by atoms with Crippen molar-refractivity contribution in [3.05, 3.63) is 0 Å². The molecule has 0 bridgehead atoms. The molecule has 0 aromatic carbocycles. The van der Waals surface area contributed by atoms with Crippen molar-refractivity contribution in [3.8, 4) is 0 Å². The van der Waals surface area contributed by atoms with Crippen LogP contribution in [-0.2, 0) is 21.1 Å². The Balaban J connectivity index is 0. The first-order valence-corrected chi connectivity index (χ1v) is 1.52. The molecule has 0 saturated carbocycles. The van der Waals surface area contributed by atoms with Gasteiger partial charge in [-0.3, -0.25) is 0 Å². The van der Waals surface area contributed by atoms with Crippen LogP contribution in [0.3, 0.4) is 0 Å². The van der Waals surface area contributed by atoms with Crippen LogP contribution >= 0.6 is 35.3 Å². The van der Waals surface area contributed by atoms with Crippen molar-refractivity contribution in [2.45, 2.75) is 0 Å². The molecule has 0 aromatic heterocycles. The van der Waals surface area contributed by atoms with Gasteiger partial charge in [0.15, 0.2) is 0 Å². The van der Waals surface area contributed by atoms with E-state index in [9.17, 15) is 0 Å². The standard InChI is InChI=1S/Cl3N.Pt/c1-4(2)3;. The predicted molar refractivity (Wildman–Crippen MR) is 19.4 cm³/mol. The zero-order chi connectivity index (χ0) is 3.58. The van der Waals surface area contributed by atoms with Crippen LogP contribution in [0, 0.1) is 0 Å². The second kappa shape index (κ2) is 5.52. The van der Waals surface area contributed by atoms with Crippen molar-refractivity contribution < 1.29 is 21.1 Å². The summed E-state index contributed by atoms with van der Waals surface area (Å²) < 4.78 is 0.417. The molecule has 1 nitrogen and oxygen atoms in total. The fourth-order valence-electron chi connectivity index (χ4n) is 0. The molecule has 36 valence electrons. The van der Waals surface area contributed by atoms with Gasteiger partial charge in [-0.05, 0) is 3.46 Å². The van der Waals surface area contributed by atoms with E-state index in [1.165, 1.54) is 0 Å². The molecule has 0 heterocycles. The largest absolute Gasteiger partial charge is 0.0380 e. The van der Waals surface area contributed by atoms with E-state index >= 15 is 0 Å². The van der Waals surface area contributed by atoms with Gasteiger partial charge in [0.2, 0.25) is 0 Å². The quantitative estimate of drug-likeness (QED) is 0.616. The van der Waals surface area contributed by atoms with Gasteiger partial charge < -0.3 is 0 Å². The fourth-order valence-corrected chi connectivity index (χ4v) is 0. The SMILES string of the molecule is ClN(Cl)Cl.[Pt]. The first-order valence-electron chi connectivity index (χ1n) is 0.507. The zero-order valence-corrected chi connectivity index (χ0v) is 6.44. The number of nitrogens with zero attached hydrogens (tertiary/aromatic N) is 1. The first-order chi connectivity index (χ1) is 1.73. The molecule has 0 atom stereocenters. The summed E-state index contributed by atoms with van der Waals surface area (Å²) in [7, 11) is 0. The van der Waals surface area contributed by atoms with E-state index in [-0.39, 0.29) is 21.1 Å². The average Bonchev–Trinajstić information content (AvgIpc) is 0.811. The zero-order valence-electron chi connectivity index (χ0n) is 1.90. The third kappa shape index (κ3) is 29.6. The summed E-state index contributed by atoms with van der Waals surface area (Å²) in [5.41, 5.74) is 0. The van der Waals surface area contributed by atoms with E-state index < -0.39 is 0 Å². The fraction of sp³-hybridized carbons (Fsp3) is 0. The van der Waals surface area contributed by atoms with E-state index in [0.717, 1.165) is 0 Å². The predicted octanol–water partition coefficient (Wildman–Crippen LogP) is 1.75. The minimum Gasteiger partial charge on any atom is -0.0380 e.